The maximum atomic E-state index is 13.1. The van der Waals surface area contributed by atoms with Crippen LogP contribution in [0.25, 0.3) is 0 Å². The lowest BCUT2D eigenvalue weighted by molar-refractivity contribution is -0.187. The zero-order chi connectivity index (χ0) is 26.8. The van der Waals surface area contributed by atoms with Crippen molar-refractivity contribution in [2.45, 2.75) is 126 Å². The predicted octanol–water partition coefficient (Wildman–Crippen LogP) is 5.81. The Hall–Kier alpha value is -2.18. The summed E-state index contributed by atoms with van der Waals surface area (Å²) in [5, 5.41) is 12.2. The third-order valence-corrected chi connectivity index (χ3v) is 9.68. The summed E-state index contributed by atoms with van der Waals surface area (Å²) >= 11 is 0. The second-order valence-electron chi connectivity index (χ2n) is 11.9. The van der Waals surface area contributed by atoms with Crippen LogP contribution in [0.3, 0.4) is 0 Å². The molecule has 1 aromatic carbocycles. The summed E-state index contributed by atoms with van der Waals surface area (Å²) in [6, 6.07) is 3.75. The first-order valence-electron chi connectivity index (χ1n) is 15.1. The van der Waals surface area contributed by atoms with Gasteiger partial charge < -0.3 is 14.6 Å². The van der Waals surface area contributed by atoms with E-state index in [1.807, 2.05) is 18.2 Å². The van der Waals surface area contributed by atoms with E-state index in [1.165, 1.54) is 44.9 Å². The minimum absolute atomic E-state index is 0.0392. The summed E-state index contributed by atoms with van der Waals surface area (Å²) in [5.41, 5.74) is 0.183. The van der Waals surface area contributed by atoms with Gasteiger partial charge in [0.15, 0.2) is 23.4 Å². The van der Waals surface area contributed by atoms with Crippen molar-refractivity contribution in [1.82, 2.24) is 4.90 Å². The highest BCUT2D eigenvalue weighted by Crippen LogP contribution is 2.64. The number of benzene rings is 1. The van der Waals surface area contributed by atoms with Crippen molar-refractivity contribution in [2.75, 3.05) is 13.1 Å². The fourth-order valence-electron chi connectivity index (χ4n) is 7.80. The summed E-state index contributed by atoms with van der Waals surface area (Å²) in [6.07, 6.45) is 15.8. The molecule has 6 heteroatoms. The van der Waals surface area contributed by atoms with E-state index in [0.717, 1.165) is 36.9 Å². The molecule has 4 aliphatic rings. The number of ether oxygens (including phenoxy) is 2. The number of likely N-dealkylation sites (tertiary alicyclic amines) is 1. The monoisotopic (exact) mass is 523 g/mol. The average molecular weight is 524 g/mol. The molecule has 1 saturated heterocycles. The van der Waals surface area contributed by atoms with Crippen LogP contribution < -0.4 is 9.47 Å². The molecule has 0 radical (unpaired) electrons. The molecule has 1 aromatic rings. The van der Waals surface area contributed by atoms with Gasteiger partial charge in [-0.3, -0.25) is 14.5 Å². The van der Waals surface area contributed by atoms with Crippen LogP contribution in [0.2, 0.25) is 0 Å². The fraction of sp³-hybridized carbons (Fsp3) is 0.688. The van der Waals surface area contributed by atoms with Crippen molar-refractivity contribution >= 4 is 11.8 Å². The molecule has 0 aromatic heterocycles. The van der Waals surface area contributed by atoms with Gasteiger partial charge >= 0.3 is 5.97 Å². The largest absolute Gasteiger partial charge is 0.477 e. The van der Waals surface area contributed by atoms with Crippen LogP contribution in [0.15, 0.2) is 24.8 Å². The number of nitrogens with zero attached hydrogens (tertiary/aromatic N) is 1. The highest BCUT2D eigenvalue weighted by molar-refractivity contribution is 5.90. The molecule has 6 nitrogen and oxygen atoms in total. The molecule has 38 heavy (non-hydrogen) atoms. The Kier molecular flexibility index (Phi) is 8.30. The Morgan fingerprint density at radius 2 is 1.84 bits per heavy atom. The molecular formula is C32H45NO5. The van der Waals surface area contributed by atoms with Gasteiger partial charge in [0, 0.05) is 37.5 Å². The van der Waals surface area contributed by atoms with E-state index >= 15 is 0 Å². The lowest BCUT2D eigenvalue weighted by Gasteiger charge is -2.62. The van der Waals surface area contributed by atoms with E-state index in [9.17, 15) is 14.7 Å². The smallest absolute Gasteiger partial charge is 0.311 e. The maximum Gasteiger partial charge on any atom is 0.311 e. The van der Waals surface area contributed by atoms with Crippen LogP contribution >= 0.6 is 0 Å². The Morgan fingerprint density at radius 1 is 1.13 bits per heavy atom. The number of hydrogen-bond acceptors (Lipinski definition) is 6. The fourth-order valence-corrected chi connectivity index (χ4v) is 7.80. The molecule has 5 rings (SSSR count). The number of unbranched alkanes of at least 4 members (excludes halogenated alkanes) is 9. The molecule has 4 atom stereocenters. The molecular weight excluding hydrogens is 478 g/mol. The average Bonchev–Trinajstić information content (AvgIpc) is 3.26. The van der Waals surface area contributed by atoms with Gasteiger partial charge in [0.2, 0.25) is 0 Å². The molecule has 1 spiro atoms. The molecule has 1 N–H and O–H groups in total. The quantitative estimate of drug-likeness (QED) is 0.143. The number of aliphatic hydroxyl groups is 1. The molecule has 2 bridgehead atoms. The molecule has 2 heterocycles. The molecule has 2 fully saturated rings. The van der Waals surface area contributed by atoms with Crippen molar-refractivity contribution in [3.63, 3.8) is 0 Å². The Labute approximate surface area is 227 Å². The van der Waals surface area contributed by atoms with Crippen LogP contribution in [-0.2, 0) is 21.4 Å². The first-order chi connectivity index (χ1) is 18.5. The highest BCUT2D eigenvalue weighted by atomic mass is 16.6. The van der Waals surface area contributed by atoms with E-state index in [4.69, 9.17) is 9.47 Å². The maximum absolute atomic E-state index is 13.1. The first-order valence-corrected chi connectivity index (χ1v) is 15.1. The highest BCUT2D eigenvalue weighted by Gasteiger charge is 2.73. The number of esters is 1. The lowest BCUT2D eigenvalue weighted by Crippen LogP contribution is -2.76. The van der Waals surface area contributed by atoms with Gasteiger partial charge in [-0.15, -0.1) is 6.58 Å². The van der Waals surface area contributed by atoms with Gasteiger partial charge in [0.1, 0.15) is 0 Å². The standard InChI is InChI=1S/C32H45NO5/c1-3-5-6-7-8-9-10-11-12-13-14-27(35)37-25-16-15-23-22-26-32(36)18-17-24(34)30-31(32,28(23)29(25)38-30)19-21-33(26)20-4-2/h4,15-16,26,30,36H,2-3,5-14,17-22H2,1H3/t26-,30-,31-,32+/m0/s1. The molecule has 0 unspecified atom stereocenters. The number of carbonyl (C=O) groups is 2. The molecule has 1 saturated carbocycles. The van der Waals surface area contributed by atoms with Crippen LogP contribution in [0, 0.1) is 0 Å². The predicted molar refractivity (Wildman–Crippen MR) is 148 cm³/mol. The molecule has 208 valence electrons. The van der Waals surface area contributed by atoms with E-state index in [1.54, 1.807) is 0 Å². The second kappa shape index (κ2) is 11.5. The van der Waals surface area contributed by atoms with Crippen molar-refractivity contribution in [3.05, 3.63) is 35.9 Å². The van der Waals surface area contributed by atoms with Crippen LogP contribution in [-0.4, -0.2) is 52.6 Å². The van der Waals surface area contributed by atoms with Gasteiger partial charge in [-0.25, -0.2) is 0 Å². The number of hydrogen-bond donors (Lipinski definition) is 1. The van der Waals surface area contributed by atoms with E-state index in [2.05, 4.69) is 18.4 Å². The van der Waals surface area contributed by atoms with E-state index < -0.39 is 17.1 Å². The summed E-state index contributed by atoms with van der Waals surface area (Å²) in [6.45, 7) is 7.63. The van der Waals surface area contributed by atoms with Crippen LogP contribution in [0.4, 0.5) is 0 Å². The van der Waals surface area contributed by atoms with Crippen molar-refractivity contribution in [1.29, 1.82) is 0 Å². The lowest BCUT2D eigenvalue weighted by atomic mass is 9.49. The van der Waals surface area contributed by atoms with Gasteiger partial charge in [-0.05, 0) is 37.3 Å². The number of piperidine rings is 1. The van der Waals surface area contributed by atoms with Gasteiger partial charge in [0.25, 0.3) is 0 Å². The number of rotatable bonds is 14. The number of carbonyl (C=O) groups excluding carboxylic acids is 2. The van der Waals surface area contributed by atoms with Crippen LogP contribution in [0.1, 0.15) is 108 Å². The summed E-state index contributed by atoms with van der Waals surface area (Å²) in [7, 11) is 0. The van der Waals surface area contributed by atoms with Gasteiger partial charge in [-0.1, -0.05) is 76.9 Å². The molecule has 2 aliphatic heterocycles. The minimum Gasteiger partial charge on any atom is -0.477 e. The summed E-state index contributed by atoms with van der Waals surface area (Å²) < 4.78 is 12.2. The summed E-state index contributed by atoms with van der Waals surface area (Å²) in [5.74, 6) is 0.685. The third-order valence-electron chi connectivity index (χ3n) is 9.68. The zero-order valence-electron chi connectivity index (χ0n) is 23.1. The molecule has 0 amide bonds. The van der Waals surface area contributed by atoms with Crippen LogP contribution in [0.5, 0.6) is 11.5 Å². The Morgan fingerprint density at radius 3 is 2.55 bits per heavy atom. The topological polar surface area (TPSA) is 76.1 Å². The zero-order valence-corrected chi connectivity index (χ0v) is 23.1. The Bertz CT molecular complexity index is 1050. The Balaban J connectivity index is 1.24. The number of Topliss-reactive ketones (excluding diaryl/α,β-unsaturated/α-hetero) is 1. The minimum atomic E-state index is -1.05. The van der Waals surface area contributed by atoms with Crippen molar-refractivity contribution in [2.24, 2.45) is 0 Å². The first kappa shape index (κ1) is 27.4. The van der Waals surface area contributed by atoms with Crippen molar-refractivity contribution in [3.8, 4) is 11.5 Å². The van der Waals surface area contributed by atoms with Crippen molar-refractivity contribution < 1.29 is 24.2 Å². The van der Waals surface area contributed by atoms with E-state index in [-0.39, 0.29) is 17.8 Å². The van der Waals surface area contributed by atoms with E-state index in [0.29, 0.717) is 50.1 Å². The third kappa shape index (κ3) is 4.62. The molecule has 2 aliphatic carbocycles. The van der Waals surface area contributed by atoms with Gasteiger partial charge in [0.05, 0.1) is 11.0 Å². The normalized spacial score (nSPS) is 29.1. The summed E-state index contributed by atoms with van der Waals surface area (Å²) in [4.78, 5) is 28.2. The SMILES string of the molecule is C=CCN1CC[C@]23c4c5ccc(OC(=O)CCCCCCCCCCCC)c4O[C@H]2C(=O)CC[C@@]3(O)[C@@H]1C5. The van der Waals surface area contributed by atoms with Gasteiger partial charge in [-0.2, -0.15) is 0 Å². The second-order valence-corrected chi connectivity index (χ2v) is 11.9. The number of ketones is 1.